The van der Waals surface area contributed by atoms with Gasteiger partial charge >= 0.3 is 12.1 Å². The Hall–Kier alpha value is -1.52. The summed E-state index contributed by atoms with van der Waals surface area (Å²) in [4.78, 5) is 12.3. The van der Waals surface area contributed by atoms with E-state index in [4.69, 9.17) is 4.74 Å². The Morgan fingerprint density at radius 1 is 1.04 bits per heavy atom. The van der Waals surface area contributed by atoms with E-state index in [2.05, 4.69) is 6.92 Å². The number of halogens is 3. The lowest BCUT2D eigenvalue weighted by Gasteiger charge is -2.41. The molecule has 0 saturated heterocycles. The molecule has 0 bridgehead atoms. The Morgan fingerprint density at radius 3 is 2.35 bits per heavy atom. The Kier molecular flexibility index (Phi) is 5.93. The van der Waals surface area contributed by atoms with Crippen LogP contribution in [0.2, 0.25) is 0 Å². The van der Waals surface area contributed by atoms with Crippen molar-refractivity contribution in [1.82, 2.24) is 0 Å². The van der Waals surface area contributed by atoms with Crippen LogP contribution in [0.15, 0.2) is 24.3 Å². The lowest BCUT2D eigenvalue weighted by molar-refractivity contribution is -0.137. The van der Waals surface area contributed by atoms with Gasteiger partial charge in [0, 0.05) is 0 Å². The van der Waals surface area contributed by atoms with Gasteiger partial charge in [0.1, 0.15) is 6.10 Å². The van der Waals surface area contributed by atoms with E-state index in [-0.39, 0.29) is 11.7 Å². The molecule has 3 rings (SSSR count). The predicted molar refractivity (Wildman–Crippen MR) is 93.7 cm³/mol. The second-order valence-electron chi connectivity index (χ2n) is 7.90. The van der Waals surface area contributed by atoms with Gasteiger partial charge in [0.15, 0.2) is 0 Å². The fourth-order valence-electron chi connectivity index (χ4n) is 4.74. The molecule has 0 heterocycles. The Labute approximate surface area is 153 Å². The predicted octanol–water partition coefficient (Wildman–Crippen LogP) is 6.25. The number of fused-ring (bicyclic) bond motifs is 1. The molecule has 4 unspecified atom stereocenters. The minimum Gasteiger partial charge on any atom is -0.459 e. The van der Waals surface area contributed by atoms with E-state index >= 15 is 0 Å². The molecule has 0 aromatic heterocycles. The fourth-order valence-corrected chi connectivity index (χ4v) is 4.74. The Balaban J connectivity index is 1.53. The van der Waals surface area contributed by atoms with Crippen LogP contribution < -0.4 is 0 Å². The second kappa shape index (κ2) is 8.01. The highest BCUT2D eigenvalue weighted by Crippen LogP contribution is 2.44. The maximum atomic E-state index is 12.6. The summed E-state index contributed by atoms with van der Waals surface area (Å²) >= 11 is 0. The fraction of sp³-hybridized carbons (Fsp3) is 0.667. The smallest absolute Gasteiger partial charge is 0.416 e. The quantitative estimate of drug-likeness (QED) is 0.587. The molecule has 2 nitrogen and oxygen atoms in total. The Bertz CT molecular complexity index is 609. The van der Waals surface area contributed by atoms with Gasteiger partial charge < -0.3 is 4.74 Å². The molecule has 0 amide bonds. The molecule has 0 aliphatic heterocycles. The molecular formula is C21H27F3O2. The molecule has 26 heavy (non-hydrogen) atoms. The molecule has 0 spiro atoms. The topological polar surface area (TPSA) is 26.3 Å². The lowest BCUT2D eigenvalue weighted by atomic mass is 9.66. The molecule has 1 aromatic carbocycles. The standard InChI is InChI=1S/C21H27F3O2/c1-2-3-14-4-5-17-13-19(11-8-16(17)12-14)26-20(25)15-6-9-18(10-7-15)21(22,23)24/h6-7,9-10,14,16-17,19H,2-5,8,11-13H2,1H3. The first-order valence-electron chi connectivity index (χ1n) is 9.75. The summed E-state index contributed by atoms with van der Waals surface area (Å²) in [7, 11) is 0. The van der Waals surface area contributed by atoms with Gasteiger partial charge in [0.05, 0.1) is 11.1 Å². The number of benzene rings is 1. The number of hydrogen-bond donors (Lipinski definition) is 0. The second-order valence-corrected chi connectivity index (χ2v) is 7.90. The van der Waals surface area contributed by atoms with E-state index in [0.29, 0.717) is 5.92 Å². The first kappa shape index (κ1) is 19.2. The van der Waals surface area contributed by atoms with Crippen molar-refractivity contribution < 1.29 is 22.7 Å². The maximum Gasteiger partial charge on any atom is 0.416 e. The van der Waals surface area contributed by atoms with Gasteiger partial charge in [0.2, 0.25) is 0 Å². The van der Waals surface area contributed by atoms with Crippen molar-refractivity contribution in [1.29, 1.82) is 0 Å². The van der Waals surface area contributed by atoms with Crippen LogP contribution in [0.3, 0.4) is 0 Å². The van der Waals surface area contributed by atoms with Crippen molar-refractivity contribution in [3.05, 3.63) is 35.4 Å². The molecule has 4 atom stereocenters. The molecule has 2 aliphatic rings. The maximum absolute atomic E-state index is 12.6. The zero-order valence-corrected chi connectivity index (χ0v) is 15.2. The number of alkyl halides is 3. The summed E-state index contributed by atoms with van der Waals surface area (Å²) in [6, 6.07) is 4.27. The largest absolute Gasteiger partial charge is 0.459 e. The van der Waals surface area contributed by atoms with Crippen LogP contribution in [0.25, 0.3) is 0 Å². The van der Waals surface area contributed by atoms with Crippen LogP contribution in [0.4, 0.5) is 13.2 Å². The van der Waals surface area contributed by atoms with Gasteiger partial charge in [-0.05, 0) is 74.1 Å². The van der Waals surface area contributed by atoms with Crippen LogP contribution in [-0.2, 0) is 10.9 Å². The zero-order chi connectivity index (χ0) is 18.7. The molecule has 1 aromatic rings. The highest BCUT2D eigenvalue weighted by molar-refractivity contribution is 5.89. The number of carbonyl (C=O) groups excluding carboxylic acids is 1. The van der Waals surface area contributed by atoms with Gasteiger partial charge in [-0.25, -0.2) is 4.79 Å². The monoisotopic (exact) mass is 368 g/mol. The van der Waals surface area contributed by atoms with Crippen LogP contribution in [0.5, 0.6) is 0 Å². The molecule has 5 heteroatoms. The normalized spacial score (nSPS) is 29.1. The van der Waals surface area contributed by atoms with Crippen molar-refractivity contribution in [3.63, 3.8) is 0 Å². The molecule has 0 N–H and O–H groups in total. The van der Waals surface area contributed by atoms with Gasteiger partial charge in [-0.15, -0.1) is 0 Å². The number of esters is 1. The number of rotatable bonds is 4. The van der Waals surface area contributed by atoms with Gasteiger partial charge in [-0.3, -0.25) is 0 Å². The summed E-state index contributed by atoms with van der Waals surface area (Å²) in [5.74, 6) is 1.72. The SMILES string of the molecule is CCCC1CCC2CC(OC(=O)c3ccc(C(F)(F)F)cc3)CCC2C1. The first-order chi connectivity index (χ1) is 12.4. The average Bonchev–Trinajstić information content (AvgIpc) is 2.61. The molecule has 2 saturated carbocycles. The van der Waals surface area contributed by atoms with Crippen molar-refractivity contribution in [2.24, 2.45) is 17.8 Å². The third-order valence-electron chi connectivity index (χ3n) is 6.09. The summed E-state index contributed by atoms with van der Waals surface area (Å²) < 4.78 is 43.4. The number of hydrogen-bond acceptors (Lipinski definition) is 2. The molecule has 0 radical (unpaired) electrons. The summed E-state index contributed by atoms with van der Waals surface area (Å²) in [6.45, 7) is 2.24. The van der Waals surface area contributed by atoms with E-state index in [9.17, 15) is 18.0 Å². The Morgan fingerprint density at radius 2 is 1.69 bits per heavy atom. The minimum atomic E-state index is -4.39. The molecule has 2 fully saturated rings. The lowest BCUT2D eigenvalue weighted by Crippen LogP contribution is -2.35. The third kappa shape index (κ3) is 4.60. The van der Waals surface area contributed by atoms with Crippen molar-refractivity contribution in [3.8, 4) is 0 Å². The van der Waals surface area contributed by atoms with E-state index in [0.717, 1.165) is 43.2 Å². The van der Waals surface area contributed by atoms with Crippen LogP contribution in [-0.4, -0.2) is 12.1 Å². The molecule has 2 aliphatic carbocycles. The summed E-state index contributed by atoms with van der Waals surface area (Å²) in [5, 5.41) is 0. The van der Waals surface area contributed by atoms with E-state index in [1.54, 1.807) is 0 Å². The zero-order valence-electron chi connectivity index (χ0n) is 15.2. The van der Waals surface area contributed by atoms with Gasteiger partial charge in [-0.2, -0.15) is 13.2 Å². The highest BCUT2D eigenvalue weighted by Gasteiger charge is 2.36. The van der Waals surface area contributed by atoms with Crippen molar-refractivity contribution in [2.75, 3.05) is 0 Å². The minimum absolute atomic E-state index is 0.103. The molecule has 144 valence electrons. The van der Waals surface area contributed by atoms with Crippen LogP contribution >= 0.6 is 0 Å². The van der Waals surface area contributed by atoms with E-state index in [1.165, 1.54) is 44.2 Å². The van der Waals surface area contributed by atoms with Gasteiger partial charge in [0.25, 0.3) is 0 Å². The van der Waals surface area contributed by atoms with Crippen molar-refractivity contribution in [2.45, 2.75) is 70.6 Å². The van der Waals surface area contributed by atoms with E-state index < -0.39 is 17.7 Å². The first-order valence-corrected chi connectivity index (χ1v) is 9.75. The summed E-state index contributed by atoms with van der Waals surface area (Å²) in [6.07, 6.45) is 4.71. The third-order valence-corrected chi connectivity index (χ3v) is 6.09. The van der Waals surface area contributed by atoms with Crippen LogP contribution in [0, 0.1) is 17.8 Å². The van der Waals surface area contributed by atoms with Crippen molar-refractivity contribution >= 4 is 5.97 Å². The van der Waals surface area contributed by atoms with Gasteiger partial charge in [-0.1, -0.05) is 26.2 Å². The number of ether oxygens (including phenoxy) is 1. The summed E-state index contributed by atoms with van der Waals surface area (Å²) in [5.41, 5.74) is -0.565. The average molecular weight is 368 g/mol. The number of carbonyl (C=O) groups is 1. The van der Waals surface area contributed by atoms with E-state index in [1.807, 2.05) is 0 Å². The highest BCUT2D eigenvalue weighted by atomic mass is 19.4. The molecular weight excluding hydrogens is 341 g/mol. The van der Waals surface area contributed by atoms with Crippen LogP contribution in [0.1, 0.15) is 74.2 Å².